The zero-order valence-corrected chi connectivity index (χ0v) is 18.0. The van der Waals surface area contributed by atoms with Gasteiger partial charge in [-0.25, -0.2) is 13.4 Å². The molecule has 0 aliphatic heterocycles. The minimum absolute atomic E-state index is 0.0534. The average molecular weight is 452 g/mol. The van der Waals surface area contributed by atoms with Gasteiger partial charge in [-0.2, -0.15) is 0 Å². The Balaban J connectivity index is 1.54. The summed E-state index contributed by atoms with van der Waals surface area (Å²) in [4.78, 5) is 28.1. The molecule has 1 amide bonds. The number of Topliss-reactive ketones (excluding diaryl/α,β-unsaturated/α-hetero) is 1. The van der Waals surface area contributed by atoms with Crippen LogP contribution in [0.3, 0.4) is 0 Å². The van der Waals surface area contributed by atoms with E-state index in [1.165, 1.54) is 42.5 Å². The molecule has 2 N–H and O–H groups in total. The molecule has 0 spiro atoms. The first-order valence-corrected chi connectivity index (χ1v) is 11.5. The van der Waals surface area contributed by atoms with E-state index < -0.39 is 10.0 Å². The van der Waals surface area contributed by atoms with Gasteiger partial charge in [-0.1, -0.05) is 41.7 Å². The van der Waals surface area contributed by atoms with Crippen molar-refractivity contribution in [3.63, 3.8) is 0 Å². The van der Waals surface area contributed by atoms with Crippen molar-refractivity contribution in [3.05, 3.63) is 83.9 Å². The second kappa shape index (κ2) is 8.29. The smallest absolute Gasteiger partial charge is 0.261 e. The molecule has 0 fully saturated rings. The van der Waals surface area contributed by atoms with Gasteiger partial charge in [0.05, 0.1) is 20.8 Å². The molecule has 0 saturated heterocycles. The highest BCUT2D eigenvalue weighted by atomic mass is 32.2. The van der Waals surface area contributed by atoms with Crippen LogP contribution in [0.1, 0.15) is 27.6 Å². The van der Waals surface area contributed by atoms with E-state index in [1.54, 1.807) is 42.5 Å². The Kier molecular flexibility index (Phi) is 5.53. The van der Waals surface area contributed by atoms with Crippen LogP contribution in [0, 0.1) is 0 Å². The maximum atomic E-state index is 12.7. The van der Waals surface area contributed by atoms with E-state index in [0.717, 1.165) is 4.70 Å². The molecule has 1 aromatic heterocycles. The van der Waals surface area contributed by atoms with Crippen LogP contribution < -0.4 is 10.0 Å². The molecule has 0 unspecified atom stereocenters. The van der Waals surface area contributed by atoms with Gasteiger partial charge in [0.2, 0.25) is 0 Å². The SMILES string of the molecule is CC(=O)c1ccc(S(=O)(=O)Nc2ccc3nc(NC(=O)c4ccccc4)sc3c2)cc1. The first kappa shape index (κ1) is 20.7. The number of aromatic nitrogens is 1. The molecule has 31 heavy (non-hydrogen) atoms. The molecular weight excluding hydrogens is 434 g/mol. The van der Waals surface area contributed by atoms with Gasteiger partial charge in [-0.05, 0) is 49.4 Å². The van der Waals surface area contributed by atoms with Crippen LogP contribution in [0.4, 0.5) is 10.8 Å². The molecule has 1 heterocycles. The van der Waals surface area contributed by atoms with Crippen molar-refractivity contribution in [1.82, 2.24) is 4.98 Å². The predicted octanol–water partition coefficient (Wildman–Crippen LogP) is 4.55. The van der Waals surface area contributed by atoms with Crippen molar-refractivity contribution >= 4 is 54.1 Å². The quantitative estimate of drug-likeness (QED) is 0.418. The van der Waals surface area contributed by atoms with E-state index >= 15 is 0 Å². The van der Waals surface area contributed by atoms with Crippen molar-refractivity contribution in [2.24, 2.45) is 0 Å². The fourth-order valence-corrected chi connectivity index (χ4v) is 4.83. The van der Waals surface area contributed by atoms with E-state index in [9.17, 15) is 18.0 Å². The summed E-state index contributed by atoms with van der Waals surface area (Å²) in [5.74, 6) is -0.405. The Morgan fingerprint density at radius 3 is 2.29 bits per heavy atom. The number of anilines is 2. The highest BCUT2D eigenvalue weighted by molar-refractivity contribution is 7.92. The molecule has 4 rings (SSSR count). The molecule has 4 aromatic rings. The summed E-state index contributed by atoms with van der Waals surface area (Å²) in [5, 5.41) is 3.18. The van der Waals surface area contributed by atoms with Crippen molar-refractivity contribution in [2.75, 3.05) is 10.0 Å². The van der Waals surface area contributed by atoms with Crippen molar-refractivity contribution in [3.8, 4) is 0 Å². The number of thiazole rings is 1. The number of rotatable bonds is 6. The maximum Gasteiger partial charge on any atom is 0.261 e. The Hall–Kier alpha value is -3.56. The van der Waals surface area contributed by atoms with Crippen LogP contribution in [0.2, 0.25) is 0 Å². The minimum Gasteiger partial charge on any atom is -0.298 e. The summed E-state index contributed by atoms with van der Waals surface area (Å²) in [5.41, 5.74) is 1.97. The van der Waals surface area contributed by atoms with Crippen LogP contribution >= 0.6 is 11.3 Å². The summed E-state index contributed by atoms with van der Waals surface area (Å²) in [6, 6.07) is 19.5. The molecule has 7 nitrogen and oxygen atoms in total. The van der Waals surface area contributed by atoms with Gasteiger partial charge in [0.1, 0.15) is 0 Å². The molecular formula is C22H17N3O4S2. The van der Waals surface area contributed by atoms with E-state index in [1.807, 2.05) is 6.07 Å². The Bertz CT molecular complexity index is 1380. The number of fused-ring (bicyclic) bond motifs is 1. The molecule has 0 aliphatic rings. The van der Waals surface area contributed by atoms with Crippen LogP contribution in [0.5, 0.6) is 0 Å². The highest BCUT2D eigenvalue weighted by Gasteiger charge is 2.16. The zero-order valence-electron chi connectivity index (χ0n) is 16.3. The third-order valence-electron chi connectivity index (χ3n) is 4.47. The number of carbonyl (C=O) groups is 2. The van der Waals surface area contributed by atoms with E-state index in [-0.39, 0.29) is 16.6 Å². The molecule has 0 radical (unpaired) electrons. The molecule has 3 aromatic carbocycles. The molecule has 0 saturated carbocycles. The van der Waals surface area contributed by atoms with E-state index in [2.05, 4.69) is 15.0 Å². The Morgan fingerprint density at radius 2 is 1.61 bits per heavy atom. The molecule has 9 heteroatoms. The van der Waals surface area contributed by atoms with Gasteiger partial charge in [-0.15, -0.1) is 0 Å². The molecule has 156 valence electrons. The fourth-order valence-electron chi connectivity index (χ4n) is 2.88. The lowest BCUT2D eigenvalue weighted by Gasteiger charge is -2.08. The number of sulfonamides is 1. The summed E-state index contributed by atoms with van der Waals surface area (Å²) >= 11 is 1.25. The number of hydrogen-bond acceptors (Lipinski definition) is 6. The summed E-state index contributed by atoms with van der Waals surface area (Å²) in [6.07, 6.45) is 0. The molecule has 0 bridgehead atoms. The summed E-state index contributed by atoms with van der Waals surface area (Å²) < 4.78 is 28.6. The van der Waals surface area contributed by atoms with Gasteiger partial charge in [0, 0.05) is 11.1 Å². The normalized spacial score (nSPS) is 11.3. The van der Waals surface area contributed by atoms with Gasteiger partial charge in [0.25, 0.3) is 15.9 Å². The first-order valence-electron chi connectivity index (χ1n) is 9.23. The van der Waals surface area contributed by atoms with Crippen LogP contribution in [-0.2, 0) is 10.0 Å². The van der Waals surface area contributed by atoms with Crippen LogP contribution in [-0.4, -0.2) is 25.1 Å². The Morgan fingerprint density at radius 1 is 0.903 bits per heavy atom. The van der Waals surface area contributed by atoms with Gasteiger partial charge in [0.15, 0.2) is 10.9 Å². The lowest BCUT2D eigenvalue weighted by Crippen LogP contribution is -2.13. The third kappa shape index (κ3) is 4.62. The average Bonchev–Trinajstić information content (AvgIpc) is 3.15. The number of benzene rings is 3. The standard InChI is InChI=1S/C22H17N3O4S2/c1-14(26)15-7-10-18(11-8-15)31(28,29)25-17-9-12-19-20(13-17)30-22(23-19)24-21(27)16-5-3-2-4-6-16/h2-13,25H,1H3,(H,23,24,27). The number of ketones is 1. The van der Waals surface area contributed by atoms with Gasteiger partial charge in [-0.3, -0.25) is 19.6 Å². The largest absolute Gasteiger partial charge is 0.298 e. The number of hydrogen-bond donors (Lipinski definition) is 2. The van der Waals surface area contributed by atoms with Crippen molar-refractivity contribution in [2.45, 2.75) is 11.8 Å². The van der Waals surface area contributed by atoms with E-state index in [4.69, 9.17) is 0 Å². The topological polar surface area (TPSA) is 105 Å². The second-order valence-corrected chi connectivity index (χ2v) is 9.42. The maximum absolute atomic E-state index is 12.7. The molecule has 0 atom stereocenters. The van der Waals surface area contributed by atoms with Crippen molar-refractivity contribution < 1.29 is 18.0 Å². The van der Waals surface area contributed by atoms with Crippen LogP contribution in [0.15, 0.2) is 77.7 Å². The summed E-state index contributed by atoms with van der Waals surface area (Å²) in [7, 11) is -3.82. The molecule has 0 aliphatic carbocycles. The zero-order chi connectivity index (χ0) is 22.0. The minimum atomic E-state index is -3.82. The second-order valence-electron chi connectivity index (χ2n) is 6.71. The number of nitrogens with one attached hydrogen (secondary N) is 2. The number of nitrogens with zero attached hydrogens (tertiary/aromatic N) is 1. The monoisotopic (exact) mass is 451 g/mol. The lowest BCUT2D eigenvalue weighted by atomic mass is 10.2. The first-order chi connectivity index (χ1) is 14.8. The third-order valence-corrected chi connectivity index (χ3v) is 6.80. The Labute approximate surface area is 182 Å². The van der Waals surface area contributed by atoms with Gasteiger partial charge < -0.3 is 0 Å². The summed E-state index contributed by atoms with van der Waals surface area (Å²) in [6.45, 7) is 1.42. The predicted molar refractivity (Wildman–Crippen MR) is 121 cm³/mol. The number of amides is 1. The lowest BCUT2D eigenvalue weighted by molar-refractivity contribution is 0.101. The number of carbonyl (C=O) groups excluding carboxylic acids is 2. The fraction of sp³-hybridized carbons (Fsp3) is 0.0455. The van der Waals surface area contributed by atoms with E-state index in [0.29, 0.717) is 27.5 Å². The van der Waals surface area contributed by atoms with Crippen LogP contribution in [0.25, 0.3) is 10.2 Å². The van der Waals surface area contributed by atoms with Gasteiger partial charge >= 0.3 is 0 Å². The highest BCUT2D eigenvalue weighted by Crippen LogP contribution is 2.29. The van der Waals surface area contributed by atoms with Crippen molar-refractivity contribution in [1.29, 1.82) is 0 Å².